The molecule has 0 aliphatic carbocycles. The molecule has 0 aliphatic rings. The highest BCUT2D eigenvalue weighted by molar-refractivity contribution is 5.31. The van der Waals surface area contributed by atoms with E-state index in [1.54, 1.807) is 0 Å². The summed E-state index contributed by atoms with van der Waals surface area (Å²) in [6, 6.07) is 8.43. The van der Waals surface area contributed by atoms with Crippen molar-refractivity contribution in [3.8, 4) is 5.75 Å². The average Bonchev–Trinajstić information content (AvgIpc) is 2.19. The zero-order valence-electron chi connectivity index (χ0n) is 9.63. The fourth-order valence-electron chi connectivity index (χ4n) is 1.37. The van der Waals surface area contributed by atoms with Gasteiger partial charge in [-0.3, -0.25) is 0 Å². The lowest BCUT2D eigenvalue weighted by atomic mass is 9.82. The van der Waals surface area contributed by atoms with Crippen LogP contribution in [0.1, 0.15) is 39.7 Å². The molecule has 1 aromatic rings. The van der Waals surface area contributed by atoms with Crippen molar-refractivity contribution < 1.29 is 4.74 Å². The predicted octanol–water partition coefficient (Wildman–Crippen LogP) is 3.77. The fraction of sp³-hybridized carbons (Fsp3) is 0.538. The van der Waals surface area contributed by atoms with Crippen LogP contribution in [-0.4, -0.2) is 6.61 Å². The van der Waals surface area contributed by atoms with Gasteiger partial charge in [0, 0.05) is 0 Å². The van der Waals surface area contributed by atoms with E-state index in [1.165, 1.54) is 5.56 Å². The average molecular weight is 192 g/mol. The Balaban J connectivity index is 2.82. The molecule has 0 radical (unpaired) electrons. The number of hydrogen-bond acceptors (Lipinski definition) is 1. The molecule has 0 atom stereocenters. The van der Waals surface area contributed by atoms with Gasteiger partial charge in [0.2, 0.25) is 0 Å². The lowest BCUT2D eigenvalue weighted by molar-refractivity contribution is 0.340. The van der Waals surface area contributed by atoms with E-state index in [1.807, 2.05) is 6.92 Å². The second-order valence-electron chi connectivity index (χ2n) is 4.19. The van der Waals surface area contributed by atoms with Crippen LogP contribution >= 0.6 is 0 Å². The maximum Gasteiger partial charge on any atom is 0.119 e. The van der Waals surface area contributed by atoms with Gasteiger partial charge in [0.15, 0.2) is 0 Å². The van der Waals surface area contributed by atoms with E-state index < -0.39 is 0 Å². The van der Waals surface area contributed by atoms with E-state index in [4.69, 9.17) is 4.74 Å². The third-order valence-corrected chi connectivity index (χ3v) is 2.83. The van der Waals surface area contributed by atoms with Gasteiger partial charge in [0.25, 0.3) is 0 Å². The Kier molecular flexibility index (Phi) is 3.56. The summed E-state index contributed by atoms with van der Waals surface area (Å²) in [7, 11) is 0. The minimum absolute atomic E-state index is 0.269. The van der Waals surface area contributed by atoms with Crippen LogP contribution in [0.5, 0.6) is 5.75 Å². The summed E-state index contributed by atoms with van der Waals surface area (Å²) in [5.41, 5.74) is 1.65. The van der Waals surface area contributed by atoms with E-state index in [2.05, 4.69) is 45.0 Å². The zero-order chi connectivity index (χ0) is 10.6. The van der Waals surface area contributed by atoms with Crippen molar-refractivity contribution in [3.63, 3.8) is 0 Å². The largest absolute Gasteiger partial charge is 0.494 e. The van der Waals surface area contributed by atoms with Gasteiger partial charge in [-0.25, -0.2) is 0 Å². The molecule has 1 rings (SSSR count). The van der Waals surface area contributed by atoms with Gasteiger partial charge < -0.3 is 4.74 Å². The molecule has 1 nitrogen and oxygen atoms in total. The summed E-state index contributed by atoms with van der Waals surface area (Å²) in [5.74, 6) is 0.961. The van der Waals surface area contributed by atoms with Crippen LogP contribution in [0.15, 0.2) is 24.3 Å². The number of hydrogen-bond donors (Lipinski definition) is 0. The quantitative estimate of drug-likeness (QED) is 0.705. The minimum atomic E-state index is 0.269. The highest BCUT2D eigenvalue weighted by Crippen LogP contribution is 2.27. The molecule has 0 N–H and O–H groups in total. The van der Waals surface area contributed by atoms with E-state index in [0.29, 0.717) is 0 Å². The second-order valence-corrected chi connectivity index (χ2v) is 4.19. The van der Waals surface area contributed by atoms with Gasteiger partial charge in [0.05, 0.1) is 6.61 Å². The summed E-state index contributed by atoms with van der Waals surface area (Å²) in [6.07, 6.45) is 1.15. The Morgan fingerprint density at radius 1 is 1.07 bits per heavy atom. The summed E-state index contributed by atoms with van der Waals surface area (Å²) in [4.78, 5) is 0. The molecule has 0 amide bonds. The van der Waals surface area contributed by atoms with E-state index in [-0.39, 0.29) is 5.41 Å². The fourth-order valence-corrected chi connectivity index (χ4v) is 1.37. The Bertz CT molecular complexity index is 272. The van der Waals surface area contributed by atoms with Gasteiger partial charge in [0.1, 0.15) is 5.75 Å². The number of rotatable bonds is 4. The Hall–Kier alpha value is -0.980. The third kappa shape index (κ3) is 2.50. The highest BCUT2D eigenvalue weighted by atomic mass is 16.5. The minimum Gasteiger partial charge on any atom is -0.494 e. The van der Waals surface area contributed by atoms with E-state index in [0.717, 1.165) is 18.8 Å². The summed E-state index contributed by atoms with van der Waals surface area (Å²) >= 11 is 0. The molecular formula is C13H20O. The van der Waals surface area contributed by atoms with Crippen LogP contribution in [0.4, 0.5) is 0 Å². The summed E-state index contributed by atoms with van der Waals surface area (Å²) in [5, 5.41) is 0. The molecule has 0 fully saturated rings. The maximum absolute atomic E-state index is 5.41. The van der Waals surface area contributed by atoms with Crippen LogP contribution in [0.3, 0.4) is 0 Å². The lowest BCUT2D eigenvalue weighted by Crippen LogP contribution is -2.14. The van der Waals surface area contributed by atoms with Crippen LogP contribution in [-0.2, 0) is 5.41 Å². The van der Waals surface area contributed by atoms with Crippen LogP contribution < -0.4 is 4.74 Å². The third-order valence-electron chi connectivity index (χ3n) is 2.83. The van der Waals surface area contributed by atoms with Crippen molar-refractivity contribution in [2.45, 2.75) is 39.5 Å². The molecular weight excluding hydrogens is 172 g/mol. The van der Waals surface area contributed by atoms with Gasteiger partial charge >= 0.3 is 0 Å². The van der Waals surface area contributed by atoms with Gasteiger partial charge in [-0.05, 0) is 36.5 Å². The van der Waals surface area contributed by atoms with Crippen molar-refractivity contribution in [1.29, 1.82) is 0 Å². The first-order chi connectivity index (χ1) is 6.60. The molecule has 1 heteroatoms. The Labute approximate surface area is 87.1 Å². The molecule has 0 heterocycles. The van der Waals surface area contributed by atoms with Crippen molar-refractivity contribution in [3.05, 3.63) is 29.8 Å². The summed E-state index contributed by atoms with van der Waals surface area (Å²) < 4.78 is 5.41. The monoisotopic (exact) mass is 192 g/mol. The van der Waals surface area contributed by atoms with Crippen molar-refractivity contribution in [1.82, 2.24) is 0 Å². The highest BCUT2D eigenvalue weighted by Gasteiger charge is 2.17. The number of ether oxygens (including phenoxy) is 1. The normalized spacial score (nSPS) is 11.4. The Morgan fingerprint density at radius 3 is 2.07 bits per heavy atom. The van der Waals surface area contributed by atoms with Gasteiger partial charge in [-0.15, -0.1) is 0 Å². The predicted molar refractivity (Wildman–Crippen MR) is 60.9 cm³/mol. The molecule has 0 spiro atoms. The van der Waals surface area contributed by atoms with Gasteiger partial charge in [-0.2, -0.15) is 0 Å². The molecule has 78 valence electrons. The first-order valence-corrected chi connectivity index (χ1v) is 5.33. The molecule has 0 aromatic heterocycles. The topological polar surface area (TPSA) is 9.23 Å². The van der Waals surface area contributed by atoms with Gasteiger partial charge in [-0.1, -0.05) is 32.9 Å². The van der Waals surface area contributed by atoms with E-state index >= 15 is 0 Å². The van der Waals surface area contributed by atoms with Crippen molar-refractivity contribution in [2.75, 3.05) is 6.61 Å². The number of benzene rings is 1. The molecule has 14 heavy (non-hydrogen) atoms. The van der Waals surface area contributed by atoms with Crippen LogP contribution in [0.2, 0.25) is 0 Å². The molecule has 1 aromatic carbocycles. The van der Waals surface area contributed by atoms with Crippen LogP contribution in [0.25, 0.3) is 0 Å². The molecule has 0 saturated carbocycles. The molecule has 0 saturated heterocycles. The van der Waals surface area contributed by atoms with Crippen molar-refractivity contribution in [2.24, 2.45) is 0 Å². The SMILES string of the molecule is CCOc1ccc(C(C)(C)CC)cc1. The maximum atomic E-state index is 5.41. The smallest absolute Gasteiger partial charge is 0.119 e. The molecule has 0 unspecified atom stereocenters. The first kappa shape index (κ1) is 11.1. The summed E-state index contributed by atoms with van der Waals surface area (Å²) in [6.45, 7) is 9.49. The lowest BCUT2D eigenvalue weighted by Gasteiger charge is -2.23. The van der Waals surface area contributed by atoms with Crippen molar-refractivity contribution >= 4 is 0 Å². The molecule has 0 aliphatic heterocycles. The molecule has 0 bridgehead atoms. The Morgan fingerprint density at radius 2 is 1.64 bits per heavy atom. The zero-order valence-corrected chi connectivity index (χ0v) is 9.63. The first-order valence-electron chi connectivity index (χ1n) is 5.33. The second kappa shape index (κ2) is 4.50. The van der Waals surface area contributed by atoms with E-state index in [9.17, 15) is 0 Å². The van der Waals surface area contributed by atoms with Crippen LogP contribution in [0, 0.1) is 0 Å². The standard InChI is InChI=1S/C13H20O/c1-5-13(3,4)11-7-9-12(10-8-11)14-6-2/h7-10H,5-6H2,1-4H3.